The lowest BCUT2D eigenvalue weighted by molar-refractivity contribution is -0.125. The third-order valence-electron chi connectivity index (χ3n) is 4.69. The van der Waals surface area contributed by atoms with Crippen LogP contribution in [0.25, 0.3) is 0 Å². The number of carbonyl (C=O) groups excluding carboxylic acids is 2. The number of likely N-dealkylation sites (N-methyl/N-ethyl adjacent to an activating group) is 1. The average molecular weight is 327 g/mol. The molecule has 0 radical (unpaired) electrons. The molecule has 134 valence electrons. The second-order valence-electron chi connectivity index (χ2n) is 6.46. The summed E-state index contributed by atoms with van der Waals surface area (Å²) in [5, 5.41) is 18.3. The van der Waals surface area contributed by atoms with Crippen molar-refractivity contribution in [2.24, 2.45) is 0 Å². The summed E-state index contributed by atoms with van der Waals surface area (Å²) in [6, 6.07) is 0.182. The van der Waals surface area contributed by atoms with Gasteiger partial charge < -0.3 is 25.9 Å². The summed E-state index contributed by atoms with van der Waals surface area (Å²) in [7, 11) is 1.75. The topological polar surface area (TPSA) is 90.5 Å². The molecule has 1 amide bonds. The summed E-state index contributed by atoms with van der Waals surface area (Å²) in [6.45, 7) is 2.16. The van der Waals surface area contributed by atoms with E-state index in [0.717, 1.165) is 44.8 Å². The van der Waals surface area contributed by atoms with Gasteiger partial charge in [0, 0.05) is 12.1 Å². The van der Waals surface area contributed by atoms with Crippen molar-refractivity contribution in [3.63, 3.8) is 0 Å². The van der Waals surface area contributed by atoms with Crippen molar-refractivity contribution < 1.29 is 14.7 Å². The monoisotopic (exact) mass is 327 g/mol. The van der Waals surface area contributed by atoms with Gasteiger partial charge in [-0.25, -0.2) is 0 Å². The lowest BCUT2D eigenvalue weighted by Crippen LogP contribution is -2.47. The quantitative estimate of drug-likeness (QED) is 0.313. The van der Waals surface area contributed by atoms with Gasteiger partial charge in [0.1, 0.15) is 6.29 Å². The highest BCUT2D eigenvalue weighted by Crippen LogP contribution is 2.17. The van der Waals surface area contributed by atoms with Crippen LogP contribution in [0.1, 0.15) is 58.3 Å². The fourth-order valence-electron chi connectivity index (χ4n) is 3.18. The molecule has 4 atom stereocenters. The Morgan fingerprint density at radius 3 is 2.61 bits per heavy atom. The maximum atomic E-state index is 11.9. The third-order valence-corrected chi connectivity index (χ3v) is 4.69. The first-order chi connectivity index (χ1) is 11.1. The molecule has 23 heavy (non-hydrogen) atoms. The SMILES string of the molecule is CCC(NC)C(=O)N[C@H](C=O)CCCCCC1CC[C@@H](CO)N1. The van der Waals surface area contributed by atoms with Crippen LogP contribution in [0.5, 0.6) is 0 Å². The van der Waals surface area contributed by atoms with Crippen LogP contribution < -0.4 is 16.0 Å². The van der Waals surface area contributed by atoms with Gasteiger partial charge in [-0.3, -0.25) is 4.79 Å². The Morgan fingerprint density at radius 1 is 1.30 bits per heavy atom. The van der Waals surface area contributed by atoms with E-state index in [1.165, 1.54) is 0 Å². The molecule has 1 fully saturated rings. The Kier molecular flexibility index (Phi) is 10.1. The van der Waals surface area contributed by atoms with Crippen molar-refractivity contribution in [3.8, 4) is 0 Å². The molecule has 0 aromatic heterocycles. The van der Waals surface area contributed by atoms with Crippen molar-refractivity contribution >= 4 is 12.2 Å². The zero-order valence-corrected chi connectivity index (χ0v) is 14.5. The minimum atomic E-state index is -0.381. The number of hydrogen-bond acceptors (Lipinski definition) is 5. The minimum Gasteiger partial charge on any atom is -0.395 e. The van der Waals surface area contributed by atoms with Crippen LogP contribution in [0, 0.1) is 0 Å². The van der Waals surface area contributed by atoms with E-state index in [4.69, 9.17) is 5.11 Å². The van der Waals surface area contributed by atoms with Crippen LogP contribution in [0.3, 0.4) is 0 Å². The third kappa shape index (κ3) is 7.42. The predicted molar refractivity (Wildman–Crippen MR) is 91.2 cm³/mol. The first kappa shape index (κ1) is 20.1. The maximum absolute atomic E-state index is 11.9. The molecule has 1 aliphatic rings. The first-order valence-corrected chi connectivity index (χ1v) is 8.94. The summed E-state index contributed by atoms with van der Waals surface area (Å²) in [5.74, 6) is -0.0997. The fourth-order valence-corrected chi connectivity index (χ4v) is 3.18. The van der Waals surface area contributed by atoms with Gasteiger partial charge in [-0.1, -0.05) is 26.2 Å². The van der Waals surface area contributed by atoms with Crippen LogP contribution in [0.15, 0.2) is 0 Å². The Morgan fingerprint density at radius 2 is 2.04 bits per heavy atom. The van der Waals surface area contributed by atoms with Gasteiger partial charge in [-0.2, -0.15) is 0 Å². The molecular formula is C17H33N3O3. The summed E-state index contributed by atoms with van der Waals surface area (Å²) >= 11 is 0. The smallest absolute Gasteiger partial charge is 0.237 e. The van der Waals surface area contributed by atoms with Crippen molar-refractivity contribution in [3.05, 3.63) is 0 Å². The second kappa shape index (κ2) is 11.5. The van der Waals surface area contributed by atoms with E-state index in [1.807, 2.05) is 6.92 Å². The van der Waals surface area contributed by atoms with Gasteiger partial charge >= 0.3 is 0 Å². The van der Waals surface area contributed by atoms with E-state index < -0.39 is 0 Å². The molecule has 6 nitrogen and oxygen atoms in total. The second-order valence-corrected chi connectivity index (χ2v) is 6.46. The summed E-state index contributed by atoms with van der Waals surface area (Å²) < 4.78 is 0. The minimum absolute atomic E-state index is 0.0997. The van der Waals surface area contributed by atoms with Gasteiger partial charge in [-0.15, -0.1) is 0 Å². The highest BCUT2D eigenvalue weighted by Gasteiger charge is 2.22. The van der Waals surface area contributed by atoms with Gasteiger partial charge in [0.05, 0.1) is 18.7 Å². The van der Waals surface area contributed by atoms with Gasteiger partial charge in [0.2, 0.25) is 5.91 Å². The normalized spacial score (nSPS) is 23.4. The van der Waals surface area contributed by atoms with Gasteiger partial charge in [-0.05, 0) is 39.2 Å². The first-order valence-electron chi connectivity index (χ1n) is 8.94. The van der Waals surface area contributed by atoms with Crippen LogP contribution >= 0.6 is 0 Å². The van der Waals surface area contributed by atoms with E-state index in [1.54, 1.807) is 7.05 Å². The van der Waals surface area contributed by atoms with Gasteiger partial charge in [0.15, 0.2) is 0 Å². The number of aliphatic hydroxyl groups excluding tert-OH is 1. The van der Waals surface area contributed by atoms with Crippen molar-refractivity contribution in [2.45, 2.75) is 82.5 Å². The fraction of sp³-hybridized carbons (Fsp3) is 0.882. The number of nitrogens with one attached hydrogen (secondary N) is 3. The molecule has 1 rings (SSSR count). The van der Waals surface area contributed by atoms with Crippen molar-refractivity contribution in [2.75, 3.05) is 13.7 Å². The summed E-state index contributed by atoms with van der Waals surface area (Å²) in [6.07, 6.45) is 8.68. The predicted octanol–water partition coefficient (Wildman–Crippen LogP) is 0.732. The van der Waals surface area contributed by atoms with E-state index >= 15 is 0 Å². The molecule has 0 aromatic carbocycles. The van der Waals surface area contributed by atoms with Crippen LogP contribution in [-0.4, -0.2) is 55.1 Å². The number of rotatable bonds is 12. The molecule has 1 aliphatic heterocycles. The van der Waals surface area contributed by atoms with E-state index in [0.29, 0.717) is 18.9 Å². The number of carbonyl (C=O) groups is 2. The van der Waals surface area contributed by atoms with Crippen LogP contribution in [-0.2, 0) is 9.59 Å². The molecule has 6 heteroatoms. The zero-order valence-electron chi connectivity index (χ0n) is 14.5. The zero-order chi connectivity index (χ0) is 17.1. The molecular weight excluding hydrogens is 294 g/mol. The van der Waals surface area contributed by atoms with E-state index in [-0.39, 0.29) is 30.6 Å². The molecule has 0 saturated carbocycles. The van der Waals surface area contributed by atoms with E-state index in [2.05, 4.69) is 16.0 Å². The molecule has 2 unspecified atom stereocenters. The number of aliphatic hydroxyl groups is 1. The lowest BCUT2D eigenvalue weighted by Gasteiger charge is -2.18. The molecule has 0 aliphatic carbocycles. The molecule has 0 aromatic rings. The largest absolute Gasteiger partial charge is 0.395 e. The van der Waals surface area contributed by atoms with E-state index in [9.17, 15) is 9.59 Å². The number of amides is 1. The molecule has 0 spiro atoms. The van der Waals surface area contributed by atoms with Crippen LogP contribution in [0.4, 0.5) is 0 Å². The lowest BCUT2D eigenvalue weighted by atomic mass is 10.0. The molecule has 4 N–H and O–H groups in total. The molecule has 1 heterocycles. The Balaban J connectivity index is 2.13. The molecule has 0 bridgehead atoms. The summed E-state index contributed by atoms with van der Waals surface area (Å²) in [4.78, 5) is 23.0. The Hall–Kier alpha value is -0.980. The number of hydrogen-bond donors (Lipinski definition) is 4. The van der Waals surface area contributed by atoms with Crippen molar-refractivity contribution in [1.29, 1.82) is 0 Å². The summed E-state index contributed by atoms with van der Waals surface area (Å²) in [5.41, 5.74) is 0. The van der Waals surface area contributed by atoms with Gasteiger partial charge in [0.25, 0.3) is 0 Å². The number of aldehydes is 1. The highest BCUT2D eigenvalue weighted by atomic mass is 16.3. The molecule has 1 saturated heterocycles. The maximum Gasteiger partial charge on any atom is 0.237 e. The number of unbranched alkanes of at least 4 members (excludes halogenated alkanes) is 2. The Bertz CT molecular complexity index is 348. The standard InChI is InChI=1S/C17H33N3O3/c1-3-16(18-2)17(23)20-14(11-21)8-6-4-5-7-13-9-10-15(12-22)19-13/h11,13-16,18-19,22H,3-10,12H2,1-2H3,(H,20,23)/t13?,14-,15-,16?/m0/s1. The highest BCUT2D eigenvalue weighted by molar-refractivity contribution is 5.84. The average Bonchev–Trinajstić information content (AvgIpc) is 3.02. The van der Waals surface area contributed by atoms with Crippen molar-refractivity contribution in [1.82, 2.24) is 16.0 Å². The van der Waals surface area contributed by atoms with Crippen LogP contribution in [0.2, 0.25) is 0 Å². The Labute approximate surface area is 139 Å².